The first-order valence-corrected chi connectivity index (χ1v) is 9.22. The van der Waals surface area contributed by atoms with Crippen molar-refractivity contribution in [2.75, 3.05) is 40.0 Å². The van der Waals surface area contributed by atoms with Crippen molar-refractivity contribution in [2.24, 2.45) is 10.9 Å². The number of hydrogen-bond donors (Lipinski definition) is 0. The highest BCUT2D eigenvalue weighted by atomic mass is 16.5. The lowest BCUT2D eigenvalue weighted by Crippen LogP contribution is -2.38. The van der Waals surface area contributed by atoms with Gasteiger partial charge in [0.05, 0.1) is 13.7 Å². The largest absolute Gasteiger partial charge is 0.494 e. The van der Waals surface area contributed by atoms with Crippen molar-refractivity contribution in [3.8, 4) is 5.75 Å². The molecule has 134 valence electrons. The normalized spacial score (nSPS) is 20.6. The maximum atomic E-state index is 5.60. The second-order valence-electron chi connectivity index (χ2n) is 6.37. The number of ether oxygens (including phenoxy) is 2. The minimum atomic E-state index is 0.492. The Morgan fingerprint density at radius 1 is 1.29 bits per heavy atom. The molecule has 1 aromatic rings. The van der Waals surface area contributed by atoms with Crippen LogP contribution in [0.4, 0.5) is 0 Å². The number of benzene rings is 1. The van der Waals surface area contributed by atoms with Crippen molar-refractivity contribution in [3.05, 3.63) is 27.8 Å². The molecule has 0 aliphatic carbocycles. The Bertz CT molecular complexity index is 647. The summed E-state index contributed by atoms with van der Waals surface area (Å²) in [6.07, 6.45) is 3.47. The number of methoxy groups -OCH3 is 1. The van der Waals surface area contributed by atoms with Gasteiger partial charge in [-0.1, -0.05) is 32.9 Å². The molecule has 0 spiro atoms. The molecule has 0 amide bonds. The topological polar surface area (TPSA) is 34.1 Å². The minimum Gasteiger partial charge on any atom is -0.494 e. The predicted molar refractivity (Wildman–Crippen MR) is 99.1 cm³/mol. The molecule has 4 nitrogen and oxygen atoms in total. The zero-order chi connectivity index (χ0) is 17.5. The fourth-order valence-corrected chi connectivity index (χ4v) is 3.37. The molecule has 1 fully saturated rings. The van der Waals surface area contributed by atoms with Gasteiger partial charge in [0.1, 0.15) is 11.1 Å². The Hall–Kier alpha value is -1.39. The predicted octanol–water partition coefficient (Wildman–Crippen LogP) is 2.30. The first-order chi connectivity index (χ1) is 11.7. The molecule has 0 aromatic heterocycles. The van der Waals surface area contributed by atoms with E-state index in [9.17, 15) is 0 Å². The molecule has 0 unspecified atom stereocenters. The van der Waals surface area contributed by atoms with E-state index in [2.05, 4.69) is 30.9 Å². The van der Waals surface area contributed by atoms with Crippen LogP contribution in [0.15, 0.2) is 11.1 Å². The van der Waals surface area contributed by atoms with Gasteiger partial charge < -0.3 is 9.47 Å². The molecule has 4 heteroatoms. The molecule has 2 heterocycles. The van der Waals surface area contributed by atoms with Gasteiger partial charge in [0, 0.05) is 38.0 Å². The Morgan fingerprint density at radius 2 is 2.08 bits per heavy atom. The number of nitrogens with zero attached hydrogens (tertiary/aromatic N) is 2. The molecule has 1 saturated heterocycles. The standard InChI is InChI=1S/C18H26N2O2.C2H6/c1-13-9-16-15(12-20-5-4-7-22-8-6-20)10-14(2)18(21-3)17(16)19-11-13;1-2/h9-10,13H,4-8,11-12H2,1-3H3;1-2H3/t13-;/m0./s1. The van der Waals surface area contributed by atoms with Crippen molar-refractivity contribution < 1.29 is 9.47 Å². The van der Waals surface area contributed by atoms with E-state index in [4.69, 9.17) is 14.5 Å². The third-order valence-electron chi connectivity index (χ3n) is 4.47. The van der Waals surface area contributed by atoms with E-state index < -0.39 is 0 Å². The second-order valence-corrected chi connectivity index (χ2v) is 6.37. The lowest BCUT2D eigenvalue weighted by molar-refractivity contribution is 0.140. The van der Waals surface area contributed by atoms with E-state index in [1.54, 1.807) is 7.11 Å². The van der Waals surface area contributed by atoms with Crippen LogP contribution in [0.2, 0.25) is 0 Å². The molecule has 2 aliphatic heterocycles. The molecule has 1 aromatic carbocycles. The van der Waals surface area contributed by atoms with Crippen LogP contribution in [0.25, 0.3) is 6.08 Å². The highest BCUT2D eigenvalue weighted by molar-refractivity contribution is 5.43. The van der Waals surface area contributed by atoms with Crippen LogP contribution in [0, 0.1) is 12.8 Å². The van der Waals surface area contributed by atoms with Crippen molar-refractivity contribution in [1.82, 2.24) is 4.90 Å². The smallest absolute Gasteiger partial charge is 0.147 e. The van der Waals surface area contributed by atoms with E-state index in [0.717, 1.165) is 56.9 Å². The fraction of sp³-hybridized carbons (Fsp3) is 0.650. The van der Waals surface area contributed by atoms with Gasteiger partial charge in [-0.2, -0.15) is 0 Å². The summed E-state index contributed by atoms with van der Waals surface area (Å²) in [5.41, 5.74) is 2.54. The molecular weight excluding hydrogens is 300 g/mol. The number of aryl methyl sites for hydroxylation is 1. The van der Waals surface area contributed by atoms with Crippen molar-refractivity contribution in [2.45, 2.75) is 40.7 Å². The average Bonchev–Trinajstić information content (AvgIpc) is 2.86. The van der Waals surface area contributed by atoms with Crippen molar-refractivity contribution >= 4 is 6.08 Å². The summed E-state index contributed by atoms with van der Waals surface area (Å²) in [6, 6.07) is 2.27. The first-order valence-electron chi connectivity index (χ1n) is 9.22. The molecule has 0 bridgehead atoms. The second kappa shape index (κ2) is 9.19. The molecule has 0 saturated carbocycles. The Labute approximate surface area is 146 Å². The SMILES string of the molecule is CC.COc1c(C)cc(CN2CCCOCC2)c2c1=NC[C@@H](C)C=2. The molecule has 24 heavy (non-hydrogen) atoms. The van der Waals surface area contributed by atoms with Gasteiger partial charge in [-0.05, 0) is 30.4 Å². The van der Waals surface area contributed by atoms with E-state index in [0.29, 0.717) is 5.92 Å². The zero-order valence-electron chi connectivity index (χ0n) is 15.9. The Morgan fingerprint density at radius 3 is 2.83 bits per heavy atom. The van der Waals surface area contributed by atoms with Gasteiger partial charge in [0.25, 0.3) is 0 Å². The summed E-state index contributed by atoms with van der Waals surface area (Å²) in [4.78, 5) is 7.27. The van der Waals surface area contributed by atoms with Gasteiger partial charge in [-0.3, -0.25) is 9.89 Å². The number of fused-ring (bicyclic) bond motifs is 1. The monoisotopic (exact) mass is 332 g/mol. The summed E-state index contributed by atoms with van der Waals surface area (Å²) in [5, 5.41) is 2.31. The fourth-order valence-electron chi connectivity index (χ4n) is 3.37. The maximum Gasteiger partial charge on any atom is 0.147 e. The van der Waals surface area contributed by atoms with Crippen molar-refractivity contribution in [3.63, 3.8) is 0 Å². The average molecular weight is 332 g/mol. The summed E-state index contributed by atoms with van der Waals surface area (Å²) < 4.78 is 11.2. The van der Waals surface area contributed by atoms with E-state index in [1.807, 2.05) is 13.8 Å². The molecule has 2 aliphatic rings. The van der Waals surface area contributed by atoms with Crippen LogP contribution < -0.4 is 15.3 Å². The van der Waals surface area contributed by atoms with Gasteiger partial charge in [0.15, 0.2) is 0 Å². The van der Waals surface area contributed by atoms with Gasteiger partial charge in [0.2, 0.25) is 0 Å². The number of rotatable bonds is 3. The molecule has 0 radical (unpaired) electrons. The third-order valence-corrected chi connectivity index (χ3v) is 4.47. The lowest BCUT2D eigenvalue weighted by atomic mass is 10.00. The van der Waals surface area contributed by atoms with Crippen LogP contribution in [0.1, 0.15) is 38.3 Å². The van der Waals surface area contributed by atoms with E-state index in [1.165, 1.54) is 16.3 Å². The van der Waals surface area contributed by atoms with E-state index in [-0.39, 0.29) is 0 Å². The summed E-state index contributed by atoms with van der Waals surface area (Å²) in [5.74, 6) is 1.42. The Kier molecular flexibility index (Phi) is 7.25. The molecule has 1 atom stereocenters. The van der Waals surface area contributed by atoms with Crippen LogP contribution in [0.3, 0.4) is 0 Å². The number of hydrogen-bond acceptors (Lipinski definition) is 4. The van der Waals surface area contributed by atoms with Crippen LogP contribution in [0.5, 0.6) is 5.75 Å². The summed E-state index contributed by atoms with van der Waals surface area (Å²) >= 11 is 0. The van der Waals surface area contributed by atoms with Crippen LogP contribution >= 0.6 is 0 Å². The first kappa shape index (κ1) is 18.9. The molecule has 3 rings (SSSR count). The quantitative estimate of drug-likeness (QED) is 0.852. The minimum absolute atomic E-state index is 0.492. The maximum absolute atomic E-state index is 5.60. The lowest BCUT2D eigenvalue weighted by Gasteiger charge is -2.22. The third kappa shape index (κ3) is 4.37. The Balaban J connectivity index is 0.00000100. The van der Waals surface area contributed by atoms with Crippen molar-refractivity contribution in [1.29, 1.82) is 0 Å². The van der Waals surface area contributed by atoms with Crippen LogP contribution in [-0.4, -0.2) is 44.9 Å². The highest BCUT2D eigenvalue weighted by Crippen LogP contribution is 2.15. The summed E-state index contributed by atoms with van der Waals surface area (Å²) in [6.45, 7) is 14.0. The molecular formula is C20H32N2O2. The van der Waals surface area contributed by atoms with Gasteiger partial charge >= 0.3 is 0 Å². The zero-order valence-corrected chi connectivity index (χ0v) is 15.9. The van der Waals surface area contributed by atoms with Crippen LogP contribution in [-0.2, 0) is 11.3 Å². The van der Waals surface area contributed by atoms with E-state index >= 15 is 0 Å². The molecule has 0 N–H and O–H groups in total. The van der Waals surface area contributed by atoms with Gasteiger partial charge in [-0.15, -0.1) is 0 Å². The summed E-state index contributed by atoms with van der Waals surface area (Å²) in [7, 11) is 1.74. The van der Waals surface area contributed by atoms with Gasteiger partial charge in [-0.25, -0.2) is 0 Å². The highest BCUT2D eigenvalue weighted by Gasteiger charge is 2.16.